The first kappa shape index (κ1) is 18.5. The SMILES string of the molecule is CC1=CC(C)=NC(=O)C1CNC(=O)c1cc(C2CC2)nc2c1cnn2C(C)C. The number of nitrogens with zero attached hydrogens (tertiary/aromatic N) is 4. The first-order valence-corrected chi connectivity index (χ1v) is 9.79. The van der Waals surface area contributed by atoms with Gasteiger partial charge in [0.05, 0.1) is 23.1 Å². The van der Waals surface area contributed by atoms with Crippen LogP contribution in [0.2, 0.25) is 0 Å². The number of rotatable bonds is 5. The molecule has 2 aliphatic rings. The Labute approximate surface area is 163 Å². The predicted octanol–water partition coefficient (Wildman–Crippen LogP) is 3.18. The number of hydrogen-bond acceptors (Lipinski definition) is 4. The van der Waals surface area contributed by atoms with E-state index < -0.39 is 5.92 Å². The van der Waals surface area contributed by atoms with Crippen LogP contribution in [0.3, 0.4) is 0 Å². The van der Waals surface area contributed by atoms with Crippen LogP contribution >= 0.6 is 0 Å². The van der Waals surface area contributed by atoms with Crippen molar-refractivity contribution >= 4 is 28.6 Å². The van der Waals surface area contributed by atoms with Crippen LogP contribution < -0.4 is 5.32 Å². The number of fused-ring (bicyclic) bond motifs is 1. The molecule has 1 atom stereocenters. The molecule has 0 spiro atoms. The summed E-state index contributed by atoms with van der Waals surface area (Å²) in [4.78, 5) is 34.0. The molecule has 1 unspecified atom stereocenters. The lowest BCUT2D eigenvalue weighted by atomic mass is 9.95. The molecular weight excluding hydrogens is 354 g/mol. The molecule has 28 heavy (non-hydrogen) atoms. The normalized spacial score (nSPS) is 19.8. The van der Waals surface area contributed by atoms with E-state index in [0.29, 0.717) is 17.2 Å². The van der Waals surface area contributed by atoms with Crippen LogP contribution in [0.4, 0.5) is 0 Å². The van der Waals surface area contributed by atoms with Gasteiger partial charge in [0.1, 0.15) is 0 Å². The summed E-state index contributed by atoms with van der Waals surface area (Å²) >= 11 is 0. The van der Waals surface area contributed by atoms with Crippen LogP contribution in [0, 0.1) is 5.92 Å². The van der Waals surface area contributed by atoms with Crippen molar-refractivity contribution in [3.63, 3.8) is 0 Å². The highest BCUT2D eigenvalue weighted by Crippen LogP contribution is 2.40. The molecule has 3 heterocycles. The Morgan fingerprint density at radius 3 is 2.71 bits per heavy atom. The number of aliphatic imine (C=N–C) groups is 1. The second-order valence-electron chi connectivity index (χ2n) is 8.03. The van der Waals surface area contributed by atoms with E-state index in [1.807, 2.05) is 37.6 Å². The van der Waals surface area contributed by atoms with Crippen LogP contribution in [0.15, 0.2) is 28.9 Å². The molecule has 1 fully saturated rings. The van der Waals surface area contributed by atoms with Gasteiger partial charge in [-0.15, -0.1) is 0 Å². The molecule has 1 aliphatic carbocycles. The zero-order chi connectivity index (χ0) is 20.0. The third kappa shape index (κ3) is 3.37. The number of carbonyl (C=O) groups is 2. The molecule has 2 aromatic rings. The molecule has 2 amide bonds. The van der Waals surface area contributed by atoms with Crippen LogP contribution in [-0.4, -0.2) is 38.8 Å². The second kappa shape index (κ2) is 6.96. The van der Waals surface area contributed by atoms with Gasteiger partial charge in [-0.3, -0.25) is 9.59 Å². The van der Waals surface area contributed by atoms with E-state index >= 15 is 0 Å². The van der Waals surface area contributed by atoms with Crippen molar-refractivity contribution in [1.29, 1.82) is 0 Å². The van der Waals surface area contributed by atoms with Gasteiger partial charge in [0.15, 0.2) is 5.65 Å². The second-order valence-corrected chi connectivity index (χ2v) is 8.03. The molecule has 7 nitrogen and oxygen atoms in total. The summed E-state index contributed by atoms with van der Waals surface area (Å²) in [5, 5.41) is 8.10. The van der Waals surface area contributed by atoms with Gasteiger partial charge in [-0.1, -0.05) is 5.57 Å². The number of hydrogen-bond donors (Lipinski definition) is 1. The lowest BCUT2D eigenvalue weighted by molar-refractivity contribution is -0.120. The molecule has 1 saturated carbocycles. The maximum absolute atomic E-state index is 13.0. The minimum absolute atomic E-state index is 0.157. The van der Waals surface area contributed by atoms with Crippen molar-refractivity contribution in [3.8, 4) is 0 Å². The van der Waals surface area contributed by atoms with E-state index in [0.717, 1.165) is 35.1 Å². The van der Waals surface area contributed by atoms with Gasteiger partial charge >= 0.3 is 0 Å². The van der Waals surface area contributed by atoms with E-state index in [2.05, 4.69) is 15.4 Å². The molecule has 4 rings (SSSR count). The number of amides is 2. The highest BCUT2D eigenvalue weighted by Gasteiger charge is 2.29. The summed E-state index contributed by atoms with van der Waals surface area (Å²) in [5.74, 6) is -0.395. The van der Waals surface area contributed by atoms with Gasteiger partial charge in [-0.05, 0) is 52.7 Å². The van der Waals surface area contributed by atoms with Gasteiger partial charge in [-0.2, -0.15) is 5.10 Å². The predicted molar refractivity (Wildman–Crippen MR) is 108 cm³/mol. The summed E-state index contributed by atoms with van der Waals surface area (Å²) in [7, 11) is 0. The largest absolute Gasteiger partial charge is 0.351 e. The van der Waals surface area contributed by atoms with E-state index in [1.165, 1.54) is 0 Å². The molecular formula is C21H25N5O2. The Morgan fingerprint density at radius 2 is 2.07 bits per heavy atom. The Bertz CT molecular complexity index is 1030. The fraction of sp³-hybridized carbons (Fsp3) is 0.476. The topological polar surface area (TPSA) is 89.2 Å². The highest BCUT2D eigenvalue weighted by atomic mass is 16.2. The van der Waals surface area contributed by atoms with Crippen molar-refractivity contribution in [2.75, 3.05) is 6.54 Å². The first-order chi connectivity index (χ1) is 13.3. The quantitative estimate of drug-likeness (QED) is 0.864. The van der Waals surface area contributed by atoms with Gasteiger partial charge in [-0.25, -0.2) is 14.7 Å². The summed E-state index contributed by atoms with van der Waals surface area (Å²) < 4.78 is 1.85. The van der Waals surface area contributed by atoms with Crippen LogP contribution in [0.1, 0.15) is 68.5 Å². The lowest BCUT2D eigenvalue weighted by Crippen LogP contribution is -2.34. The molecule has 0 bridgehead atoms. The van der Waals surface area contributed by atoms with Crippen molar-refractivity contribution in [2.45, 2.75) is 52.5 Å². The van der Waals surface area contributed by atoms with E-state index in [4.69, 9.17) is 4.98 Å². The fourth-order valence-electron chi connectivity index (χ4n) is 3.64. The fourth-order valence-corrected chi connectivity index (χ4v) is 3.64. The molecule has 1 N–H and O–H groups in total. The molecule has 0 radical (unpaired) electrons. The number of allylic oxidation sites excluding steroid dienone is 1. The first-order valence-electron chi connectivity index (χ1n) is 9.79. The number of aromatic nitrogens is 3. The molecule has 0 aromatic carbocycles. The van der Waals surface area contributed by atoms with Crippen molar-refractivity contribution in [3.05, 3.63) is 35.2 Å². The van der Waals surface area contributed by atoms with E-state index in [9.17, 15) is 9.59 Å². The Hall–Kier alpha value is -2.83. The molecule has 0 saturated heterocycles. The average Bonchev–Trinajstić information content (AvgIpc) is 3.38. The smallest absolute Gasteiger partial charge is 0.254 e. The molecule has 1 aliphatic heterocycles. The minimum Gasteiger partial charge on any atom is -0.351 e. The van der Waals surface area contributed by atoms with Crippen molar-refractivity contribution in [1.82, 2.24) is 20.1 Å². The zero-order valence-corrected chi connectivity index (χ0v) is 16.7. The van der Waals surface area contributed by atoms with Crippen LogP contribution in [0.25, 0.3) is 11.0 Å². The van der Waals surface area contributed by atoms with E-state index in [-0.39, 0.29) is 24.4 Å². The van der Waals surface area contributed by atoms with E-state index in [1.54, 1.807) is 13.1 Å². The standard InChI is InChI=1S/C21H25N5O2/c1-11(2)26-19-17(10-23-26)15(8-18(25-19)14-5-6-14)20(27)22-9-16-12(3)7-13(4)24-21(16)28/h7-8,10-11,14,16H,5-6,9H2,1-4H3,(H,22,27). The summed E-state index contributed by atoms with van der Waals surface area (Å²) in [6, 6.07) is 2.04. The lowest BCUT2D eigenvalue weighted by Gasteiger charge is -2.19. The van der Waals surface area contributed by atoms with Gasteiger partial charge in [0, 0.05) is 29.9 Å². The Morgan fingerprint density at radius 1 is 1.32 bits per heavy atom. The number of pyridine rings is 1. The third-order valence-electron chi connectivity index (χ3n) is 5.35. The van der Waals surface area contributed by atoms with Crippen molar-refractivity contribution in [2.24, 2.45) is 10.9 Å². The molecule has 7 heteroatoms. The third-order valence-corrected chi connectivity index (χ3v) is 5.35. The monoisotopic (exact) mass is 379 g/mol. The van der Waals surface area contributed by atoms with Crippen LogP contribution in [0.5, 0.6) is 0 Å². The maximum Gasteiger partial charge on any atom is 0.254 e. The average molecular weight is 379 g/mol. The molecule has 2 aromatic heterocycles. The molecule has 146 valence electrons. The van der Waals surface area contributed by atoms with Gasteiger partial charge in [0.25, 0.3) is 11.8 Å². The number of carbonyl (C=O) groups excluding carboxylic acids is 2. The van der Waals surface area contributed by atoms with Gasteiger partial charge < -0.3 is 5.32 Å². The Balaban J connectivity index is 1.62. The summed E-state index contributed by atoms with van der Waals surface area (Å²) in [6.45, 7) is 8.02. The van der Waals surface area contributed by atoms with Crippen LogP contribution in [-0.2, 0) is 4.79 Å². The minimum atomic E-state index is -0.411. The zero-order valence-electron chi connectivity index (χ0n) is 16.7. The number of nitrogens with one attached hydrogen (secondary N) is 1. The highest BCUT2D eigenvalue weighted by molar-refractivity contribution is 6.07. The van der Waals surface area contributed by atoms with Crippen molar-refractivity contribution < 1.29 is 9.59 Å². The maximum atomic E-state index is 13.0. The Kier molecular flexibility index (Phi) is 4.61. The summed E-state index contributed by atoms with van der Waals surface area (Å²) in [5.41, 5.74) is 3.89. The summed E-state index contributed by atoms with van der Waals surface area (Å²) in [6.07, 6.45) is 5.81. The number of dihydropyridines is 1. The van der Waals surface area contributed by atoms with Gasteiger partial charge in [0.2, 0.25) is 0 Å².